The first-order chi connectivity index (χ1) is 14.7. The molecule has 2 heterocycles. The van der Waals surface area contributed by atoms with Gasteiger partial charge in [0.15, 0.2) is 11.8 Å². The highest BCUT2D eigenvalue weighted by Crippen LogP contribution is 2.27. The van der Waals surface area contributed by atoms with Gasteiger partial charge in [-0.1, -0.05) is 12.1 Å². The number of nitrogens with zero attached hydrogens (tertiary/aromatic N) is 2. The number of amidine groups is 1. The number of rotatable bonds is 9. The van der Waals surface area contributed by atoms with Crippen LogP contribution in [0.1, 0.15) is 12.5 Å². The Hall–Kier alpha value is -2.89. The van der Waals surface area contributed by atoms with Gasteiger partial charge in [0.05, 0.1) is 6.54 Å². The molecular formula is C20H30N6O5. The van der Waals surface area contributed by atoms with Crippen molar-refractivity contribution in [3.63, 3.8) is 0 Å². The van der Waals surface area contributed by atoms with Gasteiger partial charge in [-0.3, -0.25) is 20.0 Å². The molecule has 11 nitrogen and oxygen atoms in total. The number of carbonyl (C=O) groups excluding carboxylic acids is 1. The van der Waals surface area contributed by atoms with Crippen LogP contribution in [0.5, 0.6) is 5.75 Å². The van der Waals surface area contributed by atoms with Crippen molar-refractivity contribution >= 4 is 17.9 Å². The van der Waals surface area contributed by atoms with E-state index in [4.69, 9.17) is 31.5 Å². The van der Waals surface area contributed by atoms with Crippen molar-refractivity contribution < 1.29 is 24.2 Å². The van der Waals surface area contributed by atoms with Gasteiger partial charge < -0.3 is 31.4 Å². The van der Waals surface area contributed by atoms with Crippen molar-refractivity contribution in [2.45, 2.75) is 31.2 Å². The van der Waals surface area contributed by atoms with E-state index in [9.17, 15) is 9.59 Å². The second-order valence-electron chi connectivity index (χ2n) is 7.89. The topological polar surface area (TPSA) is 167 Å². The molecule has 1 aromatic carbocycles. The van der Waals surface area contributed by atoms with Crippen LogP contribution in [0.25, 0.3) is 0 Å². The zero-order valence-electron chi connectivity index (χ0n) is 17.5. The summed E-state index contributed by atoms with van der Waals surface area (Å²) in [6.45, 7) is 5.01. The van der Waals surface area contributed by atoms with Crippen LogP contribution in [0.4, 0.5) is 4.79 Å². The van der Waals surface area contributed by atoms with Crippen LogP contribution in [-0.2, 0) is 16.0 Å². The predicted octanol–water partition coefficient (Wildman–Crippen LogP) is -0.602. The molecule has 2 aliphatic heterocycles. The van der Waals surface area contributed by atoms with Crippen LogP contribution in [0.2, 0.25) is 0 Å². The minimum atomic E-state index is -1.06. The van der Waals surface area contributed by atoms with E-state index in [1.807, 2.05) is 4.90 Å². The third-order valence-electron chi connectivity index (χ3n) is 5.77. The molecule has 170 valence electrons. The maximum Gasteiger partial charge on any atom is 0.412 e. The second kappa shape index (κ2) is 9.50. The molecule has 0 saturated carbocycles. The third-order valence-corrected chi connectivity index (χ3v) is 5.77. The number of nitrogens with two attached hydrogens (primary N) is 2. The summed E-state index contributed by atoms with van der Waals surface area (Å²) >= 11 is 0. The molecule has 1 amide bonds. The molecule has 0 bridgehead atoms. The van der Waals surface area contributed by atoms with Gasteiger partial charge in [-0.15, -0.1) is 0 Å². The number of piperazine rings is 1. The number of amides is 1. The quantitative estimate of drug-likeness (QED) is 0.252. The molecule has 0 radical (unpaired) electrons. The molecule has 2 aliphatic rings. The summed E-state index contributed by atoms with van der Waals surface area (Å²) in [6.07, 6.45) is -0.808. The SMILES string of the molecule is CC(C(=N)N)(N1CCNCC1)N1CC(COc2ccc(CC(N)C(=O)O)cc2)OC1=O. The van der Waals surface area contributed by atoms with Gasteiger partial charge in [0, 0.05) is 26.2 Å². The number of aliphatic carboxylic acids is 1. The second-order valence-corrected chi connectivity index (χ2v) is 7.89. The van der Waals surface area contributed by atoms with E-state index in [2.05, 4.69) is 5.32 Å². The third kappa shape index (κ3) is 5.06. The molecule has 7 N–H and O–H groups in total. The first kappa shape index (κ1) is 22.8. The molecule has 2 fully saturated rings. The van der Waals surface area contributed by atoms with Crippen molar-refractivity contribution in [2.24, 2.45) is 11.5 Å². The first-order valence-electron chi connectivity index (χ1n) is 10.2. The van der Waals surface area contributed by atoms with Gasteiger partial charge in [0.1, 0.15) is 24.2 Å². The van der Waals surface area contributed by atoms with E-state index in [1.54, 1.807) is 31.2 Å². The standard InChI is InChI=1S/C20H30N6O5/c1-20(18(22)23,25-8-6-24-7-9-25)26-11-15(31-19(26)29)12-30-14-4-2-13(3-5-14)10-16(21)17(27)28/h2-5,15-16,24H,6-12,21H2,1H3,(H3,22,23)(H,27,28). The lowest BCUT2D eigenvalue weighted by Crippen LogP contribution is -2.68. The Morgan fingerprint density at radius 2 is 2.03 bits per heavy atom. The molecule has 1 aromatic rings. The zero-order chi connectivity index (χ0) is 22.6. The smallest absolute Gasteiger partial charge is 0.412 e. The number of ether oxygens (including phenoxy) is 2. The van der Waals surface area contributed by atoms with E-state index >= 15 is 0 Å². The average Bonchev–Trinajstić information content (AvgIpc) is 3.14. The van der Waals surface area contributed by atoms with Gasteiger partial charge in [-0.25, -0.2) is 4.79 Å². The van der Waals surface area contributed by atoms with Crippen molar-refractivity contribution in [1.29, 1.82) is 5.41 Å². The van der Waals surface area contributed by atoms with Gasteiger partial charge in [0.2, 0.25) is 0 Å². The number of nitrogens with one attached hydrogen (secondary N) is 2. The lowest BCUT2D eigenvalue weighted by molar-refractivity contribution is -0.138. The van der Waals surface area contributed by atoms with E-state index in [0.29, 0.717) is 18.8 Å². The number of carboxylic acids is 1. The number of carboxylic acid groups (broad SMARTS) is 1. The molecule has 2 saturated heterocycles. The summed E-state index contributed by atoms with van der Waals surface area (Å²) in [7, 11) is 0. The molecule has 0 aromatic heterocycles. The Balaban J connectivity index is 1.58. The van der Waals surface area contributed by atoms with E-state index in [1.165, 1.54) is 4.90 Å². The number of hydrogen-bond acceptors (Lipinski definition) is 8. The maximum absolute atomic E-state index is 12.6. The molecule has 3 atom stereocenters. The average molecular weight is 434 g/mol. The Morgan fingerprint density at radius 1 is 1.39 bits per heavy atom. The van der Waals surface area contributed by atoms with E-state index in [0.717, 1.165) is 18.7 Å². The summed E-state index contributed by atoms with van der Waals surface area (Å²) in [4.78, 5) is 27.0. The fourth-order valence-electron chi connectivity index (χ4n) is 3.80. The van der Waals surface area contributed by atoms with Crippen molar-refractivity contribution in [3.8, 4) is 5.75 Å². The highest BCUT2D eigenvalue weighted by atomic mass is 16.6. The van der Waals surface area contributed by atoms with E-state index < -0.39 is 29.9 Å². The fraction of sp³-hybridized carbons (Fsp3) is 0.550. The molecule has 3 unspecified atom stereocenters. The number of benzene rings is 1. The molecule has 3 rings (SSSR count). The Labute approximate surface area is 180 Å². The normalized spacial score (nSPS) is 22.5. The van der Waals surface area contributed by atoms with Crippen molar-refractivity contribution in [3.05, 3.63) is 29.8 Å². The van der Waals surface area contributed by atoms with Crippen LogP contribution in [0.15, 0.2) is 24.3 Å². The van der Waals surface area contributed by atoms with Gasteiger partial charge in [0.25, 0.3) is 0 Å². The number of cyclic esters (lactones) is 1. The highest BCUT2D eigenvalue weighted by Gasteiger charge is 2.49. The molecule has 0 aliphatic carbocycles. The molecule has 11 heteroatoms. The molecule has 0 spiro atoms. The maximum atomic E-state index is 12.6. The minimum Gasteiger partial charge on any atom is -0.490 e. The zero-order valence-corrected chi connectivity index (χ0v) is 17.5. The number of hydrogen-bond donors (Lipinski definition) is 5. The van der Waals surface area contributed by atoms with Crippen LogP contribution < -0.4 is 21.5 Å². The summed E-state index contributed by atoms with van der Waals surface area (Å²) in [5.41, 5.74) is 11.2. The Kier molecular flexibility index (Phi) is 6.98. The lowest BCUT2D eigenvalue weighted by Gasteiger charge is -2.46. The monoisotopic (exact) mass is 434 g/mol. The highest BCUT2D eigenvalue weighted by molar-refractivity contribution is 5.90. The van der Waals surface area contributed by atoms with Crippen molar-refractivity contribution in [2.75, 3.05) is 39.3 Å². The summed E-state index contributed by atoms with van der Waals surface area (Å²) < 4.78 is 11.2. The Bertz CT molecular complexity index is 813. The fourth-order valence-corrected chi connectivity index (χ4v) is 3.80. The summed E-state index contributed by atoms with van der Waals surface area (Å²) in [5.74, 6) is -0.590. The number of carbonyl (C=O) groups is 2. The van der Waals surface area contributed by atoms with Gasteiger partial charge in [-0.05, 0) is 31.0 Å². The van der Waals surface area contributed by atoms with Crippen LogP contribution in [-0.4, -0.2) is 89.9 Å². The largest absolute Gasteiger partial charge is 0.490 e. The van der Waals surface area contributed by atoms with Gasteiger partial charge >= 0.3 is 12.1 Å². The van der Waals surface area contributed by atoms with E-state index in [-0.39, 0.29) is 25.4 Å². The summed E-state index contributed by atoms with van der Waals surface area (Å²) in [6, 6.07) is 5.99. The lowest BCUT2D eigenvalue weighted by atomic mass is 10.1. The predicted molar refractivity (Wildman–Crippen MR) is 113 cm³/mol. The minimum absolute atomic E-state index is 0.108. The van der Waals surface area contributed by atoms with Gasteiger partial charge in [-0.2, -0.15) is 0 Å². The first-order valence-corrected chi connectivity index (χ1v) is 10.2. The Morgan fingerprint density at radius 3 is 2.61 bits per heavy atom. The van der Waals surface area contributed by atoms with Crippen LogP contribution >= 0.6 is 0 Å². The molecular weight excluding hydrogens is 404 g/mol. The van der Waals surface area contributed by atoms with Crippen LogP contribution in [0, 0.1) is 5.41 Å². The van der Waals surface area contributed by atoms with Crippen LogP contribution in [0.3, 0.4) is 0 Å². The molecule has 31 heavy (non-hydrogen) atoms. The summed E-state index contributed by atoms with van der Waals surface area (Å²) in [5, 5.41) is 20.3. The van der Waals surface area contributed by atoms with Crippen molar-refractivity contribution in [1.82, 2.24) is 15.1 Å².